The van der Waals surface area contributed by atoms with Crippen LogP contribution in [-0.2, 0) is 0 Å². The lowest BCUT2D eigenvalue weighted by Gasteiger charge is -2.05. The number of carbonyl (C=O) groups is 1. The summed E-state index contributed by atoms with van der Waals surface area (Å²) in [5.41, 5.74) is 1.11. The first-order chi connectivity index (χ1) is 8.22. The summed E-state index contributed by atoms with van der Waals surface area (Å²) >= 11 is 5.97. The van der Waals surface area contributed by atoms with Gasteiger partial charge in [0.25, 0.3) is 0 Å². The minimum absolute atomic E-state index is 0.0862. The molecule has 0 spiro atoms. The Morgan fingerprint density at radius 2 is 1.88 bits per heavy atom. The standard InChI is InChI=1S/C13H10ClNO2/c1-17-12-3-2-10(8-11(12)14)13(16)9-4-6-15-7-5-9/h2-8H,1H3. The molecule has 0 radical (unpaired) electrons. The van der Waals surface area contributed by atoms with Crippen LogP contribution < -0.4 is 4.74 Å². The van der Waals surface area contributed by atoms with Crippen LogP contribution in [0.4, 0.5) is 0 Å². The Kier molecular flexibility index (Phi) is 3.40. The van der Waals surface area contributed by atoms with E-state index in [0.29, 0.717) is 21.9 Å². The first kappa shape index (κ1) is 11.6. The molecule has 0 aliphatic rings. The van der Waals surface area contributed by atoms with Crippen molar-refractivity contribution in [3.05, 3.63) is 58.9 Å². The quantitative estimate of drug-likeness (QED) is 0.783. The van der Waals surface area contributed by atoms with E-state index in [2.05, 4.69) is 4.98 Å². The van der Waals surface area contributed by atoms with Crippen LogP contribution in [0.25, 0.3) is 0 Å². The van der Waals surface area contributed by atoms with E-state index in [1.54, 1.807) is 42.7 Å². The van der Waals surface area contributed by atoms with Crippen LogP contribution in [-0.4, -0.2) is 17.9 Å². The molecule has 0 saturated heterocycles. The predicted molar refractivity (Wildman–Crippen MR) is 65.7 cm³/mol. The summed E-state index contributed by atoms with van der Waals surface area (Å²) in [5, 5.41) is 0.424. The van der Waals surface area contributed by atoms with Gasteiger partial charge < -0.3 is 4.74 Å². The van der Waals surface area contributed by atoms with Crippen LogP contribution in [0.15, 0.2) is 42.7 Å². The second-order valence-electron chi connectivity index (χ2n) is 3.41. The minimum atomic E-state index is -0.0862. The number of benzene rings is 1. The van der Waals surface area contributed by atoms with Crippen molar-refractivity contribution in [2.24, 2.45) is 0 Å². The number of ketones is 1. The first-order valence-electron chi connectivity index (χ1n) is 5.00. The van der Waals surface area contributed by atoms with Crippen LogP contribution in [0.3, 0.4) is 0 Å². The molecule has 2 rings (SSSR count). The lowest BCUT2D eigenvalue weighted by Crippen LogP contribution is -2.01. The van der Waals surface area contributed by atoms with Crippen LogP contribution in [0.1, 0.15) is 15.9 Å². The summed E-state index contributed by atoms with van der Waals surface area (Å²) < 4.78 is 5.03. The molecule has 1 aromatic carbocycles. The molecule has 1 aromatic heterocycles. The first-order valence-corrected chi connectivity index (χ1v) is 5.38. The molecular weight excluding hydrogens is 238 g/mol. The summed E-state index contributed by atoms with van der Waals surface area (Å²) in [6.45, 7) is 0. The van der Waals surface area contributed by atoms with Gasteiger partial charge in [-0.05, 0) is 30.3 Å². The predicted octanol–water partition coefficient (Wildman–Crippen LogP) is 2.97. The molecule has 0 saturated carbocycles. The van der Waals surface area contributed by atoms with Crippen molar-refractivity contribution in [3.63, 3.8) is 0 Å². The molecule has 0 atom stereocenters. The molecule has 4 heteroatoms. The van der Waals surface area contributed by atoms with Crippen LogP contribution in [0.2, 0.25) is 5.02 Å². The van der Waals surface area contributed by atoms with Gasteiger partial charge in [-0.25, -0.2) is 0 Å². The largest absolute Gasteiger partial charge is 0.495 e. The second-order valence-corrected chi connectivity index (χ2v) is 3.82. The van der Waals surface area contributed by atoms with Crippen molar-refractivity contribution in [1.82, 2.24) is 4.98 Å². The summed E-state index contributed by atoms with van der Waals surface area (Å²) in [6.07, 6.45) is 3.16. The highest BCUT2D eigenvalue weighted by Crippen LogP contribution is 2.25. The van der Waals surface area contributed by atoms with Crippen molar-refractivity contribution in [3.8, 4) is 5.75 Å². The van der Waals surface area contributed by atoms with E-state index in [4.69, 9.17) is 16.3 Å². The van der Waals surface area contributed by atoms with E-state index < -0.39 is 0 Å². The highest BCUT2D eigenvalue weighted by molar-refractivity contribution is 6.32. The molecule has 17 heavy (non-hydrogen) atoms. The highest BCUT2D eigenvalue weighted by atomic mass is 35.5. The fourth-order valence-corrected chi connectivity index (χ4v) is 1.74. The number of hydrogen-bond donors (Lipinski definition) is 0. The Hall–Kier alpha value is -1.87. The Balaban J connectivity index is 2.35. The number of carbonyl (C=O) groups excluding carboxylic acids is 1. The minimum Gasteiger partial charge on any atom is -0.495 e. The number of rotatable bonds is 3. The topological polar surface area (TPSA) is 39.2 Å². The molecule has 0 N–H and O–H groups in total. The molecule has 0 amide bonds. The lowest BCUT2D eigenvalue weighted by atomic mass is 10.0. The monoisotopic (exact) mass is 247 g/mol. The molecule has 0 fully saturated rings. The van der Waals surface area contributed by atoms with E-state index in [-0.39, 0.29) is 5.78 Å². The van der Waals surface area contributed by atoms with Crippen LogP contribution >= 0.6 is 11.6 Å². The summed E-state index contributed by atoms with van der Waals surface area (Å²) in [7, 11) is 1.53. The molecule has 0 aliphatic heterocycles. The molecule has 86 valence electrons. The Bertz CT molecular complexity index is 540. The number of pyridine rings is 1. The van der Waals surface area contributed by atoms with Gasteiger partial charge in [-0.2, -0.15) is 0 Å². The summed E-state index contributed by atoms with van der Waals surface area (Å²) in [5.74, 6) is 0.467. The van der Waals surface area contributed by atoms with Crippen molar-refractivity contribution in [1.29, 1.82) is 0 Å². The van der Waals surface area contributed by atoms with Gasteiger partial charge in [0, 0.05) is 23.5 Å². The average Bonchev–Trinajstić information content (AvgIpc) is 2.39. The number of halogens is 1. The van der Waals surface area contributed by atoms with Crippen LogP contribution in [0.5, 0.6) is 5.75 Å². The lowest BCUT2D eigenvalue weighted by molar-refractivity contribution is 0.103. The third kappa shape index (κ3) is 2.45. The van der Waals surface area contributed by atoms with Gasteiger partial charge in [0.15, 0.2) is 5.78 Å². The Labute approximate surface area is 104 Å². The van der Waals surface area contributed by atoms with Gasteiger partial charge in [-0.3, -0.25) is 9.78 Å². The maximum atomic E-state index is 12.1. The Morgan fingerprint density at radius 3 is 2.47 bits per heavy atom. The zero-order chi connectivity index (χ0) is 12.3. The average molecular weight is 248 g/mol. The highest BCUT2D eigenvalue weighted by Gasteiger charge is 2.10. The SMILES string of the molecule is COc1ccc(C(=O)c2ccncc2)cc1Cl. The number of aromatic nitrogens is 1. The summed E-state index contributed by atoms with van der Waals surface area (Å²) in [4.78, 5) is 15.9. The van der Waals surface area contributed by atoms with E-state index in [0.717, 1.165) is 0 Å². The van der Waals surface area contributed by atoms with Crippen molar-refractivity contribution in [2.45, 2.75) is 0 Å². The number of methoxy groups -OCH3 is 1. The van der Waals surface area contributed by atoms with E-state index in [9.17, 15) is 4.79 Å². The number of nitrogens with zero attached hydrogens (tertiary/aromatic N) is 1. The van der Waals surface area contributed by atoms with Gasteiger partial charge >= 0.3 is 0 Å². The fraction of sp³-hybridized carbons (Fsp3) is 0.0769. The summed E-state index contributed by atoms with van der Waals surface area (Å²) in [6, 6.07) is 8.30. The molecule has 0 bridgehead atoms. The Morgan fingerprint density at radius 1 is 1.18 bits per heavy atom. The van der Waals surface area contributed by atoms with Crippen molar-refractivity contribution < 1.29 is 9.53 Å². The number of hydrogen-bond acceptors (Lipinski definition) is 3. The maximum absolute atomic E-state index is 12.1. The third-order valence-corrected chi connectivity index (χ3v) is 2.65. The molecule has 0 aliphatic carbocycles. The normalized spacial score (nSPS) is 10.0. The van der Waals surface area contributed by atoms with Gasteiger partial charge in [0.2, 0.25) is 0 Å². The van der Waals surface area contributed by atoms with E-state index in [1.807, 2.05) is 0 Å². The van der Waals surface area contributed by atoms with Gasteiger partial charge in [0.05, 0.1) is 12.1 Å². The van der Waals surface area contributed by atoms with Crippen molar-refractivity contribution in [2.75, 3.05) is 7.11 Å². The zero-order valence-electron chi connectivity index (χ0n) is 9.18. The third-order valence-electron chi connectivity index (χ3n) is 2.36. The van der Waals surface area contributed by atoms with Crippen molar-refractivity contribution >= 4 is 17.4 Å². The fourth-order valence-electron chi connectivity index (χ4n) is 1.48. The molecule has 2 aromatic rings. The zero-order valence-corrected chi connectivity index (χ0v) is 9.94. The molecule has 1 heterocycles. The van der Waals surface area contributed by atoms with Gasteiger partial charge in [0.1, 0.15) is 5.75 Å². The molecule has 3 nitrogen and oxygen atoms in total. The maximum Gasteiger partial charge on any atom is 0.193 e. The number of ether oxygens (including phenoxy) is 1. The molecular formula is C13H10ClNO2. The van der Waals surface area contributed by atoms with E-state index in [1.165, 1.54) is 7.11 Å². The van der Waals surface area contributed by atoms with Gasteiger partial charge in [-0.1, -0.05) is 11.6 Å². The van der Waals surface area contributed by atoms with Gasteiger partial charge in [-0.15, -0.1) is 0 Å². The molecule has 0 unspecified atom stereocenters. The second kappa shape index (κ2) is 4.97. The van der Waals surface area contributed by atoms with E-state index >= 15 is 0 Å². The smallest absolute Gasteiger partial charge is 0.193 e. The van der Waals surface area contributed by atoms with Crippen LogP contribution in [0, 0.1) is 0 Å².